The van der Waals surface area contributed by atoms with Crippen LogP contribution in [-0.4, -0.2) is 59.2 Å². The van der Waals surface area contributed by atoms with Crippen molar-refractivity contribution in [2.75, 3.05) is 26.7 Å². The van der Waals surface area contributed by atoms with Crippen molar-refractivity contribution in [1.29, 1.82) is 0 Å². The zero-order valence-electron chi connectivity index (χ0n) is 17.6. The van der Waals surface area contributed by atoms with E-state index in [2.05, 4.69) is 5.16 Å². The normalized spacial score (nSPS) is 15.2. The molecule has 1 aromatic heterocycles. The maximum absolute atomic E-state index is 12.7. The van der Waals surface area contributed by atoms with Gasteiger partial charge in [-0.05, 0) is 39.5 Å². The molecule has 2 amide bonds. The summed E-state index contributed by atoms with van der Waals surface area (Å²) in [6.07, 6.45) is 1.41. The Morgan fingerprint density at radius 3 is 2.48 bits per heavy atom. The summed E-state index contributed by atoms with van der Waals surface area (Å²) < 4.78 is 10.8. The molecule has 0 unspecified atom stereocenters. The summed E-state index contributed by atoms with van der Waals surface area (Å²) in [7, 11) is 1.78. The maximum Gasteiger partial charge on any atom is 0.410 e. The van der Waals surface area contributed by atoms with Gasteiger partial charge in [-0.15, -0.1) is 0 Å². The number of piperidine rings is 1. The van der Waals surface area contributed by atoms with Crippen molar-refractivity contribution in [3.05, 3.63) is 42.1 Å². The summed E-state index contributed by atoms with van der Waals surface area (Å²) >= 11 is 0. The van der Waals surface area contributed by atoms with Crippen LogP contribution in [0.3, 0.4) is 0 Å². The van der Waals surface area contributed by atoms with E-state index in [1.807, 2.05) is 51.1 Å². The summed E-state index contributed by atoms with van der Waals surface area (Å²) in [5.41, 5.74) is 0.699. The Labute approximate surface area is 171 Å². The molecule has 7 heteroatoms. The van der Waals surface area contributed by atoms with Gasteiger partial charge in [0.1, 0.15) is 5.60 Å². The maximum atomic E-state index is 12.7. The van der Waals surface area contributed by atoms with E-state index in [4.69, 9.17) is 9.26 Å². The third kappa shape index (κ3) is 5.59. The molecule has 1 aromatic carbocycles. The first-order valence-electron chi connectivity index (χ1n) is 9.98. The molecule has 3 rings (SSSR count). The fourth-order valence-corrected chi connectivity index (χ4v) is 3.40. The molecule has 1 aliphatic rings. The zero-order valence-corrected chi connectivity index (χ0v) is 17.6. The van der Waals surface area contributed by atoms with E-state index in [0.29, 0.717) is 37.0 Å². The number of benzene rings is 1. The number of hydrogen-bond acceptors (Lipinski definition) is 5. The first-order chi connectivity index (χ1) is 13.7. The largest absolute Gasteiger partial charge is 0.444 e. The number of nitrogens with zero attached hydrogens (tertiary/aromatic N) is 3. The van der Waals surface area contributed by atoms with Gasteiger partial charge in [0.05, 0.1) is 0 Å². The number of aromatic nitrogens is 1. The van der Waals surface area contributed by atoms with Gasteiger partial charge in [-0.25, -0.2) is 4.79 Å². The fraction of sp³-hybridized carbons (Fsp3) is 0.500. The first-order valence-corrected chi connectivity index (χ1v) is 9.98. The second kappa shape index (κ2) is 8.68. The number of carbonyl (C=O) groups excluding carboxylic acids is 2. The quantitative estimate of drug-likeness (QED) is 0.775. The Morgan fingerprint density at radius 2 is 1.86 bits per heavy atom. The van der Waals surface area contributed by atoms with Crippen LogP contribution in [0.2, 0.25) is 0 Å². The van der Waals surface area contributed by atoms with Crippen molar-refractivity contribution in [3.8, 4) is 11.3 Å². The highest BCUT2D eigenvalue weighted by molar-refractivity contribution is 5.93. The van der Waals surface area contributed by atoms with Crippen molar-refractivity contribution in [3.63, 3.8) is 0 Å². The molecule has 0 atom stereocenters. The van der Waals surface area contributed by atoms with Crippen LogP contribution in [0.5, 0.6) is 0 Å². The minimum atomic E-state index is -0.489. The zero-order chi connectivity index (χ0) is 21.0. The van der Waals surface area contributed by atoms with E-state index in [-0.39, 0.29) is 12.0 Å². The van der Waals surface area contributed by atoms with Crippen LogP contribution in [-0.2, 0) is 4.74 Å². The Morgan fingerprint density at radius 1 is 1.21 bits per heavy atom. The molecule has 2 heterocycles. The van der Waals surface area contributed by atoms with Crippen LogP contribution in [0.1, 0.15) is 44.1 Å². The Hall–Kier alpha value is -2.83. The molecule has 0 aliphatic carbocycles. The summed E-state index contributed by atoms with van der Waals surface area (Å²) in [6, 6.07) is 11.3. The smallest absolute Gasteiger partial charge is 0.410 e. The van der Waals surface area contributed by atoms with Crippen LogP contribution >= 0.6 is 0 Å². The van der Waals surface area contributed by atoms with Gasteiger partial charge in [0.25, 0.3) is 5.91 Å². The van der Waals surface area contributed by atoms with Crippen molar-refractivity contribution in [2.24, 2.45) is 5.92 Å². The molecule has 29 heavy (non-hydrogen) atoms. The lowest BCUT2D eigenvalue weighted by molar-refractivity contribution is 0.0170. The molecule has 1 fully saturated rings. The molecular weight excluding hydrogens is 370 g/mol. The molecule has 156 valence electrons. The standard InChI is InChI=1S/C22H29N3O4/c1-22(2,3)28-21(27)25-12-10-16(11-13-25)15-24(4)20(26)18-14-19(29-23-18)17-8-6-5-7-9-17/h5-9,14,16H,10-13,15H2,1-4H3. The Bertz CT molecular complexity index is 833. The van der Waals surface area contributed by atoms with Crippen LogP contribution in [0, 0.1) is 5.92 Å². The van der Waals surface area contributed by atoms with Crippen LogP contribution in [0.25, 0.3) is 11.3 Å². The minimum Gasteiger partial charge on any atom is -0.444 e. The molecular formula is C22H29N3O4. The number of carbonyl (C=O) groups is 2. The summed E-state index contributed by atoms with van der Waals surface area (Å²) in [4.78, 5) is 28.3. The first kappa shape index (κ1) is 20.9. The Kier molecular flexibility index (Phi) is 6.25. The third-order valence-electron chi connectivity index (χ3n) is 4.93. The van der Waals surface area contributed by atoms with Gasteiger partial charge >= 0.3 is 6.09 Å². The minimum absolute atomic E-state index is 0.162. The van der Waals surface area contributed by atoms with E-state index in [1.54, 1.807) is 22.9 Å². The lowest BCUT2D eigenvalue weighted by Crippen LogP contribution is -2.44. The van der Waals surface area contributed by atoms with Gasteiger partial charge in [-0.2, -0.15) is 0 Å². The van der Waals surface area contributed by atoms with Gasteiger partial charge in [0.2, 0.25) is 0 Å². The topological polar surface area (TPSA) is 75.9 Å². The number of rotatable bonds is 4. The lowest BCUT2D eigenvalue weighted by Gasteiger charge is -2.34. The molecule has 0 N–H and O–H groups in total. The third-order valence-corrected chi connectivity index (χ3v) is 4.93. The second-order valence-corrected chi connectivity index (χ2v) is 8.54. The number of ether oxygens (including phenoxy) is 1. The van der Waals surface area contributed by atoms with E-state index in [0.717, 1.165) is 18.4 Å². The average Bonchev–Trinajstić information content (AvgIpc) is 3.17. The van der Waals surface area contributed by atoms with Crippen LogP contribution in [0.4, 0.5) is 4.79 Å². The van der Waals surface area contributed by atoms with E-state index in [9.17, 15) is 9.59 Å². The van der Waals surface area contributed by atoms with Crippen molar-refractivity contribution < 1.29 is 18.8 Å². The molecule has 0 bridgehead atoms. The molecule has 1 aliphatic heterocycles. The fourth-order valence-electron chi connectivity index (χ4n) is 3.40. The van der Waals surface area contributed by atoms with Gasteiger partial charge in [-0.3, -0.25) is 4.79 Å². The number of hydrogen-bond donors (Lipinski definition) is 0. The highest BCUT2D eigenvalue weighted by atomic mass is 16.6. The molecule has 2 aromatic rings. The summed E-state index contributed by atoms with van der Waals surface area (Å²) in [6.45, 7) is 7.50. The summed E-state index contributed by atoms with van der Waals surface area (Å²) in [5, 5.41) is 3.94. The molecule has 0 radical (unpaired) electrons. The molecule has 0 saturated carbocycles. The van der Waals surface area contributed by atoms with Crippen molar-refractivity contribution in [1.82, 2.24) is 15.0 Å². The van der Waals surface area contributed by atoms with E-state index >= 15 is 0 Å². The second-order valence-electron chi connectivity index (χ2n) is 8.54. The highest BCUT2D eigenvalue weighted by Gasteiger charge is 2.28. The monoisotopic (exact) mass is 399 g/mol. The van der Waals surface area contributed by atoms with Gasteiger partial charge in [-0.1, -0.05) is 35.5 Å². The molecule has 7 nitrogen and oxygen atoms in total. The number of amides is 2. The average molecular weight is 399 g/mol. The van der Waals surface area contributed by atoms with Crippen LogP contribution < -0.4 is 0 Å². The van der Waals surface area contributed by atoms with Crippen LogP contribution in [0.15, 0.2) is 40.9 Å². The van der Waals surface area contributed by atoms with E-state index < -0.39 is 5.60 Å². The van der Waals surface area contributed by atoms with E-state index in [1.165, 1.54) is 0 Å². The summed E-state index contributed by atoms with van der Waals surface area (Å²) in [5.74, 6) is 0.752. The van der Waals surface area contributed by atoms with Gasteiger partial charge in [0, 0.05) is 38.3 Å². The Balaban J connectivity index is 1.51. The molecule has 1 saturated heterocycles. The highest BCUT2D eigenvalue weighted by Crippen LogP contribution is 2.23. The number of likely N-dealkylation sites (tertiary alicyclic amines) is 1. The van der Waals surface area contributed by atoms with Crippen molar-refractivity contribution in [2.45, 2.75) is 39.2 Å². The predicted octanol–water partition coefficient (Wildman–Crippen LogP) is 4.06. The van der Waals surface area contributed by atoms with Crippen molar-refractivity contribution >= 4 is 12.0 Å². The SMILES string of the molecule is CN(CC1CCN(C(=O)OC(C)(C)C)CC1)C(=O)c1cc(-c2ccccc2)on1. The van der Waals surface area contributed by atoms with Gasteiger partial charge in [0.15, 0.2) is 11.5 Å². The van der Waals surface area contributed by atoms with Gasteiger partial charge < -0.3 is 19.1 Å². The lowest BCUT2D eigenvalue weighted by atomic mass is 9.96. The predicted molar refractivity (Wildman–Crippen MR) is 109 cm³/mol. The molecule has 0 spiro atoms.